The zero-order chi connectivity index (χ0) is 12.9. The molecule has 1 rings (SSSR count). The predicted molar refractivity (Wildman–Crippen MR) is 55.3 cm³/mol. The molecule has 0 amide bonds. The third kappa shape index (κ3) is 5.53. The third-order valence-electron chi connectivity index (χ3n) is 1.91. The van der Waals surface area contributed by atoms with Gasteiger partial charge in [-0.05, 0) is 24.2 Å². The molecule has 1 N–H and O–H groups in total. The smallest absolute Gasteiger partial charge is 0.422 e. The number of halogens is 4. The van der Waals surface area contributed by atoms with Crippen molar-refractivity contribution in [2.45, 2.75) is 19.6 Å². The summed E-state index contributed by atoms with van der Waals surface area (Å²) in [5.74, 6) is -0.729. The molecule has 0 fully saturated rings. The molecule has 0 unspecified atom stereocenters. The summed E-state index contributed by atoms with van der Waals surface area (Å²) >= 11 is 0. The van der Waals surface area contributed by atoms with Gasteiger partial charge in [0.05, 0.1) is 0 Å². The van der Waals surface area contributed by atoms with Crippen LogP contribution in [-0.2, 0) is 6.54 Å². The van der Waals surface area contributed by atoms with Gasteiger partial charge in [0.1, 0.15) is 11.6 Å². The maximum Gasteiger partial charge on any atom is 0.422 e. The van der Waals surface area contributed by atoms with Crippen molar-refractivity contribution in [3.05, 3.63) is 29.6 Å². The van der Waals surface area contributed by atoms with Crippen LogP contribution >= 0.6 is 0 Å². The standard InChI is InChI=1S/C11H13F4NO/c1-2-16-6-8-3-9(12)5-10(4-8)17-7-11(13,14)15/h3-5,16H,2,6-7H2,1H3. The zero-order valence-corrected chi connectivity index (χ0v) is 9.27. The van der Waals surface area contributed by atoms with Gasteiger partial charge >= 0.3 is 6.18 Å². The lowest BCUT2D eigenvalue weighted by atomic mass is 10.2. The van der Waals surface area contributed by atoms with Crippen molar-refractivity contribution >= 4 is 0 Å². The fraction of sp³-hybridized carbons (Fsp3) is 0.455. The van der Waals surface area contributed by atoms with E-state index in [2.05, 4.69) is 10.1 Å². The number of rotatable bonds is 5. The molecule has 17 heavy (non-hydrogen) atoms. The summed E-state index contributed by atoms with van der Waals surface area (Å²) in [6, 6.07) is 3.57. The summed E-state index contributed by atoms with van der Waals surface area (Å²) in [7, 11) is 0. The van der Waals surface area contributed by atoms with E-state index < -0.39 is 18.6 Å². The lowest BCUT2D eigenvalue weighted by Crippen LogP contribution is -2.19. The Labute approximate surface area is 96.6 Å². The fourth-order valence-corrected chi connectivity index (χ4v) is 1.24. The normalized spacial score (nSPS) is 11.6. The van der Waals surface area contributed by atoms with Gasteiger partial charge in [-0.2, -0.15) is 13.2 Å². The van der Waals surface area contributed by atoms with Crippen LogP contribution in [0.4, 0.5) is 17.6 Å². The van der Waals surface area contributed by atoms with Gasteiger partial charge in [0, 0.05) is 12.6 Å². The van der Waals surface area contributed by atoms with Crippen molar-refractivity contribution in [3.8, 4) is 5.75 Å². The van der Waals surface area contributed by atoms with E-state index in [1.54, 1.807) is 0 Å². The maximum absolute atomic E-state index is 13.1. The first-order valence-corrected chi connectivity index (χ1v) is 5.10. The first-order chi connectivity index (χ1) is 7.90. The summed E-state index contributed by atoms with van der Waals surface area (Å²) in [6.45, 7) is 1.53. The molecule has 0 aliphatic heterocycles. The molecule has 0 spiro atoms. The second kappa shape index (κ2) is 5.86. The van der Waals surface area contributed by atoms with Gasteiger partial charge in [-0.25, -0.2) is 4.39 Å². The number of benzene rings is 1. The Morgan fingerprint density at radius 3 is 2.53 bits per heavy atom. The Bertz CT molecular complexity index is 365. The second-order valence-corrected chi connectivity index (χ2v) is 3.48. The highest BCUT2D eigenvalue weighted by Gasteiger charge is 2.28. The van der Waals surface area contributed by atoms with Gasteiger partial charge in [0.25, 0.3) is 0 Å². The van der Waals surface area contributed by atoms with Crippen LogP contribution in [0.3, 0.4) is 0 Å². The van der Waals surface area contributed by atoms with Crippen LogP contribution in [0.5, 0.6) is 5.75 Å². The zero-order valence-electron chi connectivity index (χ0n) is 9.27. The highest BCUT2D eigenvalue weighted by molar-refractivity contribution is 5.29. The van der Waals surface area contributed by atoms with Crippen LogP contribution in [-0.4, -0.2) is 19.3 Å². The molecule has 96 valence electrons. The van der Waals surface area contributed by atoms with Crippen LogP contribution in [0.1, 0.15) is 12.5 Å². The quantitative estimate of drug-likeness (QED) is 0.812. The van der Waals surface area contributed by atoms with Crippen molar-refractivity contribution in [1.82, 2.24) is 5.32 Å². The summed E-state index contributed by atoms with van der Waals surface area (Å²) in [5.41, 5.74) is 0.545. The van der Waals surface area contributed by atoms with Gasteiger partial charge in [-0.3, -0.25) is 0 Å². The molecular formula is C11H13F4NO. The van der Waals surface area contributed by atoms with Crippen LogP contribution in [0, 0.1) is 5.82 Å². The van der Waals surface area contributed by atoms with Crippen LogP contribution in [0.2, 0.25) is 0 Å². The molecule has 6 heteroatoms. The Morgan fingerprint density at radius 1 is 1.24 bits per heavy atom. The first-order valence-electron chi connectivity index (χ1n) is 5.10. The second-order valence-electron chi connectivity index (χ2n) is 3.48. The summed E-state index contributed by atoms with van der Waals surface area (Å²) < 4.78 is 53.3. The van der Waals surface area contributed by atoms with Gasteiger partial charge in [-0.1, -0.05) is 6.92 Å². The summed E-state index contributed by atoms with van der Waals surface area (Å²) in [5, 5.41) is 2.95. The Balaban J connectivity index is 2.68. The average Bonchev–Trinajstić information content (AvgIpc) is 2.22. The van der Waals surface area contributed by atoms with Crippen molar-refractivity contribution in [2.24, 2.45) is 0 Å². The van der Waals surface area contributed by atoms with Gasteiger partial charge in [-0.15, -0.1) is 0 Å². The molecule has 0 radical (unpaired) electrons. The molecule has 0 aromatic heterocycles. The average molecular weight is 251 g/mol. The van der Waals surface area contributed by atoms with Crippen LogP contribution < -0.4 is 10.1 Å². The third-order valence-corrected chi connectivity index (χ3v) is 1.91. The maximum atomic E-state index is 13.1. The van der Waals surface area contributed by atoms with Crippen molar-refractivity contribution in [1.29, 1.82) is 0 Å². The molecule has 0 saturated carbocycles. The molecule has 0 saturated heterocycles. The number of nitrogens with one attached hydrogen (secondary N) is 1. The van der Waals surface area contributed by atoms with E-state index in [9.17, 15) is 17.6 Å². The van der Waals surface area contributed by atoms with Crippen LogP contribution in [0.15, 0.2) is 18.2 Å². The van der Waals surface area contributed by atoms with Gasteiger partial charge in [0.15, 0.2) is 6.61 Å². The molecule has 0 atom stereocenters. The molecule has 0 aliphatic carbocycles. The lowest BCUT2D eigenvalue weighted by Gasteiger charge is -2.10. The van der Waals surface area contributed by atoms with Gasteiger partial charge in [0.2, 0.25) is 0 Å². The van der Waals surface area contributed by atoms with E-state index in [-0.39, 0.29) is 5.75 Å². The van der Waals surface area contributed by atoms with E-state index in [0.29, 0.717) is 18.7 Å². The van der Waals surface area contributed by atoms with Crippen molar-refractivity contribution < 1.29 is 22.3 Å². The molecule has 0 heterocycles. The minimum absolute atomic E-state index is 0.116. The Hall–Kier alpha value is -1.30. The van der Waals surface area contributed by atoms with Crippen molar-refractivity contribution in [3.63, 3.8) is 0 Å². The number of alkyl halides is 3. The van der Waals surface area contributed by atoms with Gasteiger partial charge < -0.3 is 10.1 Å². The highest BCUT2D eigenvalue weighted by atomic mass is 19.4. The van der Waals surface area contributed by atoms with E-state index in [1.807, 2.05) is 6.92 Å². The number of hydrogen-bond acceptors (Lipinski definition) is 2. The van der Waals surface area contributed by atoms with E-state index >= 15 is 0 Å². The minimum Gasteiger partial charge on any atom is -0.484 e. The SMILES string of the molecule is CCNCc1cc(F)cc(OCC(F)(F)F)c1. The molecular weight excluding hydrogens is 238 g/mol. The Kier molecular flexibility index (Phi) is 4.74. The highest BCUT2D eigenvalue weighted by Crippen LogP contribution is 2.20. The summed E-state index contributed by atoms with van der Waals surface area (Å²) in [6.07, 6.45) is -4.42. The molecule has 0 bridgehead atoms. The lowest BCUT2D eigenvalue weighted by molar-refractivity contribution is -0.153. The fourth-order valence-electron chi connectivity index (χ4n) is 1.24. The number of ether oxygens (including phenoxy) is 1. The minimum atomic E-state index is -4.42. The first kappa shape index (κ1) is 13.8. The molecule has 0 aliphatic rings. The monoisotopic (exact) mass is 251 g/mol. The van der Waals surface area contributed by atoms with E-state index in [0.717, 1.165) is 6.07 Å². The van der Waals surface area contributed by atoms with E-state index in [1.165, 1.54) is 12.1 Å². The van der Waals surface area contributed by atoms with Crippen LogP contribution in [0.25, 0.3) is 0 Å². The summed E-state index contributed by atoms with van der Waals surface area (Å²) in [4.78, 5) is 0. The number of hydrogen-bond donors (Lipinski definition) is 1. The molecule has 1 aromatic rings. The molecule has 1 aromatic carbocycles. The molecule has 2 nitrogen and oxygen atoms in total. The largest absolute Gasteiger partial charge is 0.484 e. The Morgan fingerprint density at radius 2 is 1.94 bits per heavy atom. The predicted octanol–water partition coefficient (Wildman–Crippen LogP) is 2.88. The van der Waals surface area contributed by atoms with E-state index in [4.69, 9.17) is 0 Å². The van der Waals surface area contributed by atoms with Crippen molar-refractivity contribution in [2.75, 3.05) is 13.2 Å². The topological polar surface area (TPSA) is 21.3 Å².